The van der Waals surface area contributed by atoms with Gasteiger partial charge in [0.05, 0.1) is 0 Å². The lowest BCUT2D eigenvalue weighted by molar-refractivity contribution is 0.609. The molecule has 0 saturated carbocycles. The van der Waals surface area contributed by atoms with E-state index < -0.39 is 0 Å². The quantitative estimate of drug-likeness (QED) is 0.624. The van der Waals surface area contributed by atoms with Crippen molar-refractivity contribution in [1.29, 1.82) is 0 Å². The van der Waals surface area contributed by atoms with Gasteiger partial charge in [-0.1, -0.05) is 11.8 Å². The predicted molar refractivity (Wildman–Crippen MR) is 44.4 cm³/mol. The zero-order valence-electron chi connectivity index (χ0n) is 6.16. The van der Waals surface area contributed by atoms with Crippen LogP contribution >= 0.6 is 11.8 Å². The molecule has 2 heterocycles. The highest BCUT2D eigenvalue weighted by Crippen LogP contribution is 2.23. The summed E-state index contributed by atoms with van der Waals surface area (Å²) in [7, 11) is 0. The van der Waals surface area contributed by atoms with E-state index in [1.54, 1.807) is 11.8 Å². The number of thioether (sulfide) groups is 1. The Hall–Kier alpha value is -0.710. The molecule has 1 aliphatic heterocycles. The molecule has 60 valence electrons. The smallest absolute Gasteiger partial charge is 0.222 e. The number of nitrogens with two attached hydrogens (primary N) is 1. The number of hydrogen-bond donors (Lipinski definition) is 1. The van der Waals surface area contributed by atoms with E-state index in [4.69, 9.17) is 5.73 Å². The molecule has 0 fully saturated rings. The van der Waals surface area contributed by atoms with Crippen molar-refractivity contribution in [3.8, 4) is 0 Å². The molecule has 0 spiro atoms. The fraction of sp³-hybridized carbons (Fsp3) is 0.667. The van der Waals surface area contributed by atoms with Gasteiger partial charge < -0.3 is 5.73 Å². The first-order valence-electron chi connectivity index (χ1n) is 3.69. The monoisotopic (exact) mass is 170 g/mol. The molecule has 0 unspecified atom stereocenters. The van der Waals surface area contributed by atoms with Crippen molar-refractivity contribution in [2.45, 2.75) is 24.5 Å². The molecule has 1 aromatic heterocycles. The Bertz CT molecular complexity index is 257. The van der Waals surface area contributed by atoms with Crippen LogP contribution in [-0.4, -0.2) is 20.5 Å². The molecule has 5 heteroatoms. The second kappa shape index (κ2) is 2.73. The Labute approximate surface area is 69.2 Å². The van der Waals surface area contributed by atoms with Gasteiger partial charge in [-0.2, -0.15) is 0 Å². The van der Waals surface area contributed by atoms with E-state index in [9.17, 15) is 0 Å². The van der Waals surface area contributed by atoms with E-state index >= 15 is 0 Å². The number of rotatable bonds is 0. The van der Waals surface area contributed by atoms with Crippen molar-refractivity contribution < 1.29 is 0 Å². The minimum Gasteiger partial charge on any atom is -0.368 e. The molecule has 2 N–H and O–H groups in total. The molecule has 11 heavy (non-hydrogen) atoms. The molecule has 0 aromatic carbocycles. The van der Waals surface area contributed by atoms with Gasteiger partial charge in [0.1, 0.15) is 0 Å². The van der Waals surface area contributed by atoms with E-state index in [2.05, 4.69) is 10.2 Å². The minimum atomic E-state index is 0.550. The molecular weight excluding hydrogens is 160 g/mol. The molecule has 0 saturated heterocycles. The highest BCUT2D eigenvalue weighted by molar-refractivity contribution is 7.99. The van der Waals surface area contributed by atoms with Crippen molar-refractivity contribution >= 4 is 17.7 Å². The fourth-order valence-electron chi connectivity index (χ4n) is 1.15. The predicted octanol–water partition coefficient (Wildman–Crippen LogP) is 0.746. The number of hydrogen-bond acceptors (Lipinski definition) is 4. The Morgan fingerprint density at radius 3 is 3.18 bits per heavy atom. The van der Waals surface area contributed by atoms with Gasteiger partial charge in [0.2, 0.25) is 5.95 Å². The van der Waals surface area contributed by atoms with E-state index in [0.717, 1.165) is 17.5 Å². The summed E-state index contributed by atoms with van der Waals surface area (Å²) >= 11 is 1.74. The maximum Gasteiger partial charge on any atom is 0.222 e. The third-order valence-corrected chi connectivity index (χ3v) is 2.81. The van der Waals surface area contributed by atoms with Crippen LogP contribution in [0.2, 0.25) is 0 Å². The Morgan fingerprint density at radius 2 is 2.27 bits per heavy atom. The van der Waals surface area contributed by atoms with Crippen molar-refractivity contribution in [1.82, 2.24) is 14.8 Å². The van der Waals surface area contributed by atoms with Crippen LogP contribution in [0.1, 0.15) is 12.8 Å². The SMILES string of the molecule is Nc1nnc2n1CCCCS2. The summed E-state index contributed by atoms with van der Waals surface area (Å²) in [6, 6.07) is 0. The van der Waals surface area contributed by atoms with Crippen molar-refractivity contribution in [2.24, 2.45) is 0 Å². The number of nitrogens with zero attached hydrogens (tertiary/aromatic N) is 3. The fourth-order valence-corrected chi connectivity index (χ4v) is 2.12. The molecule has 0 amide bonds. The maximum atomic E-state index is 5.61. The third kappa shape index (κ3) is 1.20. The Balaban J connectivity index is 2.35. The normalized spacial score (nSPS) is 17.5. The van der Waals surface area contributed by atoms with Crippen molar-refractivity contribution in [3.05, 3.63) is 0 Å². The van der Waals surface area contributed by atoms with E-state index in [0.29, 0.717) is 5.95 Å². The lowest BCUT2D eigenvalue weighted by Crippen LogP contribution is -2.02. The molecule has 1 aliphatic rings. The number of aromatic nitrogens is 3. The van der Waals surface area contributed by atoms with Crippen LogP contribution in [0.5, 0.6) is 0 Å². The Kier molecular flexibility index (Phi) is 1.73. The van der Waals surface area contributed by atoms with Crippen LogP contribution in [-0.2, 0) is 6.54 Å². The van der Waals surface area contributed by atoms with E-state index in [-0.39, 0.29) is 0 Å². The summed E-state index contributed by atoms with van der Waals surface area (Å²) in [5, 5.41) is 8.75. The van der Waals surface area contributed by atoms with Gasteiger partial charge in [-0.3, -0.25) is 4.57 Å². The average Bonchev–Trinajstić information content (AvgIpc) is 2.25. The summed E-state index contributed by atoms with van der Waals surface area (Å²) in [6.45, 7) is 0.973. The van der Waals surface area contributed by atoms with Gasteiger partial charge in [0.15, 0.2) is 5.16 Å². The van der Waals surface area contributed by atoms with Gasteiger partial charge in [-0.25, -0.2) is 0 Å². The number of nitrogen functional groups attached to an aromatic ring is 1. The van der Waals surface area contributed by atoms with Gasteiger partial charge in [0.25, 0.3) is 0 Å². The average molecular weight is 170 g/mol. The van der Waals surface area contributed by atoms with Crippen LogP contribution < -0.4 is 5.73 Å². The molecule has 1 aromatic rings. The lowest BCUT2D eigenvalue weighted by Gasteiger charge is -2.00. The second-order valence-electron chi connectivity index (χ2n) is 2.55. The lowest BCUT2D eigenvalue weighted by atomic mass is 10.3. The zero-order chi connectivity index (χ0) is 7.68. The number of anilines is 1. The highest BCUT2D eigenvalue weighted by Gasteiger charge is 2.12. The van der Waals surface area contributed by atoms with Crippen molar-refractivity contribution in [2.75, 3.05) is 11.5 Å². The molecule has 0 radical (unpaired) electrons. The Morgan fingerprint density at radius 1 is 1.36 bits per heavy atom. The summed E-state index contributed by atoms with van der Waals surface area (Å²) in [6.07, 6.45) is 2.43. The summed E-state index contributed by atoms with van der Waals surface area (Å²) in [5.74, 6) is 1.69. The first-order valence-corrected chi connectivity index (χ1v) is 4.68. The first-order chi connectivity index (χ1) is 5.38. The van der Waals surface area contributed by atoms with E-state index in [1.165, 1.54) is 12.8 Å². The maximum absolute atomic E-state index is 5.61. The van der Waals surface area contributed by atoms with Crippen LogP contribution in [0, 0.1) is 0 Å². The molecule has 2 rings (SSSR count). The van der Waals surface area contributed by atoms with Crippen LogP contribution in [0.25, 0.3) is 0 Å². The summed E-state index contributed by atoms with van der Waals surface area (Å²) in [5.41, 5.74) is 5.61. The molecule has 0 atom stereocenters. The molecular formula is C6H10N4S. The molecule has 4 nitrogen and oxygen atoms in total. The third-order valence-electron chi connectivity index (χ3n) is 1.75. The standard InChI is InChI=1S/C6H10N4S/c7-5-8-9-6-10(5)3-1-2-4-11-6/h1-4H2,(H2,7,8). The number of fused-ring (bicyclic) bond motifs is 1. The summed E-state index contributed by atoms with van der Waals surface area (Å²) < 4.78 is 1.98. The first kappa shape index (κ1) is 6.97. The largest absolute Gasteiger partial charge is 0.368 e. The van der Waals surface area contributed by atoms with Gasteiger partial charge in [-0.05, 0) is 12.8 Å². The van der Waals surface area contributed by atoms with Crippen LogP contribution in [0.4, 0.5) is 5.95 Å². The second-order valence-corrected chi connectivity index (χ2v) is 3.61. The summed E-state index contributed by atoms with van der Waals surface area (Å²) in [4.78, 5) is 0. The van der Waals surface area contributed by atoms with Gasteiger partial charge in [-0.15, -0.1) is 10.2 Å². The van der Waals surface area contributed by atoms with Crippen LogP contribution in [0.15, 0.2) is 5.16 Å². The van der Waals surface area contributed by atoms with Crippen LogP contribution in [0.3, 0.4) is 0 Å². The minimum absolute atomic E-state index is 0.550. The molecule has 0 aliphatic carbocycles. The molecule has 0 bridgehead atoms. The van der Waals surface area contributed by atoms with Crippen molar-refractivity contribution in [3.63, 3.8) is 0 Å². The van der Waals surface area contributed by atoms with Gasteiger partial charge in [0, 0.05) is 12.3 Å². The zero-order valence-corrected chi connectivity index (χ0v) is 6.97. The van der Waals surface area contributed by atoms with Gasteiger partial charge >= 0.3 is 0 Å². The topological polar surface area (TPSA) is 56.7 Å². The highest BCUT2D eigenvalue weighted by atomic mass is 32.2. The van der Waals surface area contributed by atoms with E-state index in [1.807, 2.05) is 4.57 Å².